The number of benzene rings is 1. The molecule has 1 aromatic rings. The molecule has 1 aliphatic heterocycles. The molecule has 36 heavy (non-hydrogen) atoms. The highest BCUT2D eigenvalue weighted by Crippen LogP contribution is 2.48. The van der Waals surface area contributed by atoms with E-state index in [1.807, 2.05) is 37.3 Å². The Labute approximate surface area is 221 Å². The second-order valence-electron chi connectivity index (χ2n) is 13.4. The highest BCUT2D eigenvalue weighted by atomic mass is 28.4. The number of aliphatic hydroxyl groups is 1. The van der Waals surface area contributed by atoms with Crippen molar-refractivity contribution >= 4 is 28.4 Å². The fraction of sp³-hybridized carbons (Fsp3) is 0.714. The molecule has 0 bridgehead atoms. The molecule has 1 amide bonds. The Bertz CT molecular complexity index is 905. The van der Waals surface area contributed by atoms with Crippen molar-refractivity contribution in [2.75, 3.05) is 0 Å². The molecule has 0 radical (unpaired) electrons. The van der Waals surface area contributed by atoms with Crippen molar-refractivity contribution in [1.82, 2.24) is 4.57 Å². The van der Waals surface area contributed by atoms with Crippen molar-refractivity contribution in [3.05, 3.63) is 35.9 Å². The zero-order valence-corrected chi connectivity index (χ0v) is 26.3. The summed E-state index contributed by atoms with van der Waals surface area (Å²) in [5.41, 5.74) is 0.908. The van der Waals surface area contributed by atoms with E-state index in [1.165, 1.54) is 0 Å². The van der Waals surface area contributed by atoms with E-state index in [2.05, 4.69) is 72.3 Å². The second kappa shape index (κ2) is 11.1. The minimum Gasteiger partial charge on any atom is -0.461 e. The molecule has 2 rings (SSSR count). The average Bonchev–Trinajstić information content (AvgIpc) is 2.70. The van der Waals surface area contributed by atoms with Gasteiger partial charge in [0, 0.05) is 6.04 Å². The highest BCUT2D eigenvalue weighted by molar-refractivity contribution is 6.80. The number of amides is 1. The topological polar surface area (TPSA) is 76.1 Å². The third-order valence-corrected chi connectivity index (χ3v) is 18.7. The molecule has 1 saturated heterocycles. The molecule has 1 heterocycles. The van der Waals surface area contributed by atoms with Crippen molar-refractivity contribution in [2.24, 2.45) is 5.92 Å². The number of carbonyl (C=O) groups excluding carboxylic acids is 2. The minimum atomic E-state index is -2.18. The summed E-state index contributed by atoms with van der Waals surface area (Å²) in [6.45, 7) is 24.1. The molecule has 1 unspecified atom stereocenters. The van der Waals surface area contributed by atoms with Gasteiger partial charge in [-0.15, -0.1) is 0 Å². The Morgan fingerprint density at radius 1 is 1.03 bits per heavy atom. The van der Waals surface area contributed by atoms with E-state index in [9.17, 15) is 14.7 Å². The molecule has 204 valence electrons. The summed E-state index contributed by atoms with van der Waals surface area (Å²) >= 11 is 0. The van der Waals surface area contributed by atoms with Crippen LogP contribution in [0.25, 0.3) is 0 Å². The van der Waals surface area contributed by atoms with Gasteiger partial charge < -0.3 is 18.8 Å². The maximum absolute atomic E-state index is 13.6. The van der Waals surface area contributed by atoms with Crippen molar-refractivity contribution in [3.63, 3.8) is 0 Å². The van der Waals surface area contributed by atoms with Gasteiger partial charge in [-0.1, -0.05) is 85.0 Å². The number of nitrogens with zero attached hydrogens (tertiary/aromatic N) is 1. The van der Waals surface area contributed by atoms with E-state index in [-0.39, 0.29) is 47.1 Å². The van der Waals surface area contributed by atoms with Crippen LogP contribution < -0.4 is 0 Å². The van der Waals surface area contributed by atoms with Gasteiger partial charge in [-0.25, -0.2) is 0 Å². The van der Waals surface area contributed by atoms with Crippen LogP contribution in [-0.2, 0) is 25.4 Å². The fourth-order valence-electron chi connectivity index (χ4n) is 4.45. The predicted octanol–water partition coefficient (Wildman–Crippen LogP) is 6.11. The average molecular weight is 536 g/mol. The van der Waals surface area contributed by atoms with E-state index in [0.29, 0.717) is 6.42 Å². The number of hydrogen-bond acceptors (Lipinski definition) is 5. The summed E-state index contributed by atoms with van der Waals surface area (Å²) in [4.78, 5) is 26.1. The number of hydrogen-bond donors (Lipinski definition) is 1. The first-order chi connectivity index (χ1) is 16.3. The van der Waals surface area contributed by atoms with Crippen LogP contribution in [0.5, 0.6) is 0 Å². The Kier molecular flexibility index (Phi) is 9.47. The predicted molar refractivity (Wildman–Crippen MR) is 151 cm³/mol. The Balaban J connectivity index is 2.17. The maximum atomic E-state index is 13.6. The van der Waals surface area contributed by atoms with Crippen LogP contribution in [0.2, 0.25) is 36.3 Å². The monoisotopic (exact) mass is 535 g/mol. The molecule has 6 nitrogen and oxygen atoms in total. The molecule has 8 heteroatoms. The summed E-state index contributed by atoms with van der Waals surface area (Å²) in [7, 11) is -4.27. The van der Waals surface area contributed by atoms with Crippen LogP contribution in [0.4, 0.5) is 0 Å². The quantitative estimate of drug-likeness (QED) is 0.222. The number of aliphatic hydroxyl groups excluding tert-OH is 1. The smallest absolute Gasteiger partial charge is 0.308 e. The van der Waals surface area contributed by atoms with Crippen molar-refractivity contribution < 1.29 is 23.9 Å². The third kappa shape index (κ3) is 6.88. The Morgan fingerprint density at radius 2 is 1.58 bits per heavy atom. The van der Waals surface area contributed by atoms with Crippen LogP contribution in [0, 0.1) is 5.92 Å². The number of carbonyl (C=O) groups is 2. The molecule has 0 aliphatic carbocycles. The third-order valence-electron chi connectivity index (χ3n) is 8.66. The van der Waals surface area contributed by atoms with Gasteiger partial charge in [0.05, 0.1) is 24.5 Å². The first-order valence-corrected chi connectivity index (χ1v) is 19.0. The summed E-state index contributed by atoms with van der Waals surface area (Å²) in [5.74, 6) is -0.627. The summed E-state index contributed by atoms with van der Waals surface area (Å²) < 4.78 is 14.1. The zero-order chi connectivity index (χ0) is 27.7. The van der Waals surface area contributed by atoms with Gasteiger partial charge >= 0.3 is 5.97 Å². The molecule has 0 spiro atoms. The van der Waals surface area contributed by atoms with Gasteiger partial charge in [-0.3, -0.25) is 9.59 Å². The van der Waals surface area contributed by atoms with Crippen molar-refractivity contribution in [1.29, 1.82) is 0 Å². The fourth-order valence-corrected chi connectivity index (χ4v) is 8.40. The largest absolute Gasteiger partial charge is 0.461 e. The van der Waals surface area contributed by atoms with Gasteiger partial charge in [-0.2, -0.15) is 0 Å². The first-order valence-electron chi connectivity index (χ1n) is 13.2. The molecule has 0 saturated carbocycles. The van der Waals surface area contributed by atoms with Gasteiger partial charge in [0.1, 0.15) is 6.61 Å². The van der Waals surface area contributed by atoms with Crippen molar-refractivity contribution in [3.8, 4) is 0 Å². The number of rotatable bonds is 10. The van der Waals surface area contributed by atoms with Crippen molar-refractivity contribution in [2.45, 2.75) is 122 Å². The van der Waals surface area contributed by atoms with Crippen LogP contribution in [0.1, 0.15) is 66.9 Å². The van der Waals surface area contributed by atoms with Gasteiger partial charge in [0.15, 0.2) is 16.6 Å². The molecule has 1 N–H and O–H groups in total. The van der Waals surface area contributed by atoms with Crippen LogP contribution in [0.15, 0.2) is 30.3 Å². The summed E-state index contributed by atoms with van der Waals surface area (Å²) in [6, 6.07) is 9.34. The van der Waals surface area contributed by atoms with Crippen LogP contribution in [0.3, 0.4) is 0 Å². The molecular formula is C28H49NO5Si2. The van der Waals surface area contributed by atoms with E-state index >= 15 is 0 Å². The van der Waals surface area contributed by atoms with Crippen LogP contribution in [-0.4, -0.2) is 56.4 Å². The van der Waals surface area contributed by atoms with Gasteiger partial charge in [-0.05, 0) is 42.1 Å². The highest BCUT2D eigenvalue weighted by Gasteiger charge is 2.59. The van der Waals surface area contributed by atoms with E-state index < -0.39 is 28.6 Å². The molecule has 1 aliphatic rings. The Hall–Kier alpha value is -1.49. The summed E-state index contributed by atoms with van der Waals surface area (Å²) in [5, 5.41) is 10.9. The first kappa shape index (κ1) is 30.7. The van der Waals surface area contributed by atoms with E-state index in [4.69, 9.17) is 9.16 Å². The molecule has 0 aromatic heterocycles. The lowest BCUT2D eigenvalue weighted by Gasteiger charge is -2.60. The number of esters is 1. The maximum Gasteiger partial charge on any atom is 0.308 e. The molecule has 4 atom stereocenters. The lowest BCUT2D eigenvalue weighted by atomic mass is 9.82. The lowest BCUT2D eigenvalue weighted by molar-refractivity contribution is -0.157. The van der Waals surface area contributed by atoms with E-state index in [0.717, 1.165) is 5.56 Å². The molecule has 1 aromatic carbocycles. The minimum absolute atomic E-state index is 0.0324. The number of β-lactam (4-membered cyclic amide) rings is 1. The second-order valence-corrected chi connectivity index (χ2v) is 23.3. The normalized spacial score (nSPS) is 21.1. The zero-order valence-electron chi connectivity index (χ0n) is 24.3. The van der Waals surface area contributed by atoms with Gasteiger partial charge in [0.2, 0.25) is 5.91 Å². The van der Waals surface area contributed by atoms with E-state index in [1.54, 1.807) is 0 Å². The SMILES string of the molecule is C[C@@H](O[Si](C)(C)C(C)(C)C)[C@@H]1C(=O)N([Si](C)(C)C(C)(C)C)[C@@H]1CC(O)CC(=O)OCc1ccccc1. The standard InChI is InChI=1S/C28H49NO5Si2/c1-20(34-36(10,11)28(5,6)7)25-23(29(26(25)32)35(8,9)27(2,3)4)17-22(30)18-24(31)33-19-21-15-13-12-14-16-21/h12-16,20,22-23,25,30H,17-19H2,1-11H3/t20-,22?,23-,25+/m1/s1. The van der Waals surface area contributed by atoms with Crippen LogP contribution >= 0.6 is 0 Å². The molecular weight excluding hydrogens is 486 g/mol. The summed E-state index contributed by atoms with van der Waals surface area (Å²) in [6.07, 6.45) is -0.885. The number of ether oxygens (including phenoxy) is 1. The van der Waals surface area contributed by atoms with Gasteiger partial charge in [0.25, 0.3) is 0 Å². The Morgan fingerprint density at radius 3 is 2.08 bits per heavy atom. The molecule has 1 fully saturated rings. The lowest BCUT2D eigenvalue weighted by Crippen LogP contribution is -2.75.